The average Bonchev–Trinajstić information content (AvgIpc) is 2.66. The first-order chi connectivity index (χ1) is 14.1. The van der Waals surface area contributed by atoms with Gasteiger partial charge in [0, 0.05) is 25.2 Å². The summed E-state index contributed by atoms with van der Waals surface area (Å²) in [6.45, 7) is 6.81. The van der Waals surface area contributed by atoms with E-state index in [0.29, 0.717) is 6.42 Å². The van der Waals surface area contributed by atoms with Gasteiger partial charge in [0.2, 0.25) is 5.91 Å². The van der Waals surface area contributed by atoms with Gasteiger partial charge in [-0.25, -0.2) is 9.18 Å². The molecular weight excluding hydrogens is 385 g/mol. The molecule has 2 aromatic carbocycles. The summed E-state index contributed by atoms with van der Waals surface area (Å²) in [7, 11) is 0. The highest BCUT2D eigenvalue weighted by atomic mass is 19.1. The zero-order valence-corrected chi connectivity index (χ0v) is 17.6. The first kappa shape index (κ1) is 21.6. The Morgan fingerprint density at radius 3 is 2.50 bits per heavy atom. The van der Waals surface area contributed by atoms with Gasteiger partial charge in [0.05, 0.1) is 0 Å². The smallest absolute Gasteiger partial charge is 0.408 e. The van der Waals surface area contributed by atoms with Crippen LogP contribution in [0.1, 0.15) is 37.5 Å². The molecule has 3 rings (SSSR count). The van der Waals surface area contributed by atoms with Crippen LogP contribution in [0.25, 0.3) is 0 Å². The second-order valence-electron chi connectivity index (χ2n) is 8.56. The maximum absolute atomic E-state index is 13.2. The standard InChI is InChI=1S/C23H28FN3O3/c1-23(2,3)30-22(29)26-20(21(25)28)13-15-4-5-17-14-27(11-10-16(17)12-15)19-8-6-18(24)7-9-19/h4-9,12,20H,10-11,13-14H2,1-3H3,(H2,25,28)(H,26,29)/t20-/m0/s1. The Labute approximate surface area is 176 Å². The van der Waals surface area contributed by atoms with Crippen LogP contribution in [0.2, 0.25) is 0 Å². The number of fused-ring (bicyclic) bond motifs is 1. The number of carbonyl (C=O) groups excluding carboxylic acids is 2. The summed E-state index contributed by atoms with van der Waals surface area (Å²) in [5.74, 6) is -0.856. The minimum absolute atomic E-state index is 0.246. The molecule has 1 aliphatic heterocycles. The third kappa shape index (κ3) is 5.72. The monoisotopic (exact) mass is 413 g/mol. The summed E-state index contributed by atoms with van der Waals surface area (Å²) in [5, 5.41) is 2.56. The quantitative estimate of drug-likeness (QED) is 0.788. The van der Waals surface area contributed by atoms with Gasteiger partial charge >= 0.3 is 6.09 Å². The van der Waals surface area contributed by atoms with Crippen LogP contribution in [0.4, 0.5) is 14.9 Å². The number of halogens is 1. The van der Waals surface area contributed by atoms with Crippen molar-refractivity contribution in [2.75, 3.05) is 11.4 Å². The summed E-state index contributed by atoms with van der Waals surface area (Å²) in [4.78, 5) is 26.1. The molecule has 7 heteroatoms. The number of hydrogen-bond acceptors (Lipinski definition) is 4. The van der Waals surface area contributed by atoms with E-state index >= 15 is 0 Å². The molecule has 0 aromatic heterocycles. The number of anilines is 1. The van der Waals surface area contributed by atoms with E-state index < -0.39 is 23.6 Å². The number of rotatable bonds is 5. The molecule has 0 unspecified atom stereocenters. The van der Waals surface area contributed by atoms with Gasteiger partial charge in [-0.2, -0.15) is 0 Å². The molecule has 3 N–H and O–H groups in total. The number of alkyl carbamates (subject to hydrolysis) is 1. The number of benzene rings is 2. The van der Waals surface area contributed by atoms with Gasteiger partial charge in [-0.1, -0.05) is 18.2 Å². The van der Waals surface area contributed by atoms with Crippen LogP contribution in [0.15, 0.2) is 42.5 Å². The normalized spacial score (nSPS) is 14.6. The van der Waals surface area contributed by atoms with Crippen molar-refractivity contribution < 1.29 is 18.7 Å². The van der Waals surface area contributed by atoms with Gasteiger partial charge in [-0.3, -0.25) is 4.79 Å². The predicted molar refractivity (Wildman–Crippen MR) is 114 cm³/mol. The predicted octanol–water partition coefficient (Wildman–Crippen LogP) is 3.31. The third-order valence-electron chi connectivity index (χ3n) is 4.95. The Kier molecular flexibility index (Phi) is 6.29. The lowest BCUT2D eigenvalue weighted by atomic mass is 9.94. The van der Waals surface area contributed by atoms with Crippen LogP contribution in [0, 0.1) is 5.82 Å². The third-order valence-corrected chi connectivity index (χ3v) is 4.95. The number of nitrogens with two attached hydrogens (primary N) is 1. The molecule has 0 spiro atoms. The molecule has 0 saturated carbocycles. The highest BCUT2D eigenvalue weighted by molar-refractivity contribution is 5.84. The van der Waals surface area contributed by atoms with Crippen LogP contribution in [0.5, 0.6) is 0 Å². The van der Waals surface area contributed by atoms with Gasteiger partial charge in [0.15, 0.2) is 0 Å². The lowest BCUT2D eigenvalue weighted by Gasteiger charge is -2.31. The van der Waals surface area contributed by atoms with E-state index in [1.807, 2.05) is 12.1 Å². The van der Waals surface area contributed by atoms with Crippen molar-refractivity contribution in [2.45, 2.75) is 51.8 Å². The van der Waals surface area contributed by atoms with Crippen molar-refractivity contribution in [3.8, 4) is 0 Å². The van der Waals surface area contributed by atoms with E-state index in [-0.39, 0.29) is 5.82 Å². The van der Waals surface area contributed by atoms with Crippen molar-refractivity contribution in [3.63, 3.8) is 0 Å². The molecule has 2 amide bonds. The average molecular weight is 413 g/mol. The van der Waals surface area contributed by atoms with E-state index in [2.05, 4.69) is 16.3 Å². The maximum Gasteiger partial charge on any atom is 0.408 e. The lowest BCUT2D eigenvalue weighted by molar-refractivity contribution is -0.120. The van der Waals surface area contributed by atoms with Crippen molar-refractivity contribution in [3.05, 3.63) is 65.0 Å². The number of nitrogens with one attached hydrogen (secondary N) is 1. The topological polar surface area (TPSA) is 84.7 Å². The fraction of sp³-hybridized carbons (Fsp3) is 0.391. The largest absolute Gasteiger partial charge is 0.444 e. The minimum atomic E-state index is -0.850. The molecule has 160 valence electrons. The number of carbonyl (C=O) groups is 2. The minimum Gasteiger partial charge on any atom is -0.444 e. The molecule has 30 heavy (non-hydrogen) atoms. The Morgan fingerprint density at radius 1 is 1.17 bits per heavy atom. The van der Waals surface area contributed by atoms with Crippen molar-refractivity contribution in [2.24, 2.45) is 5.73 Å². The molecule has 1 heterocycles. The molecule has 0 aliphatic carbocycles. The number of hydrogen-bond donors (Lipinski definition) is 2. The molecule has 0 saturated heterocycles. The second-order valence-corrected chi connectivity index (χ2v) is 8.56. The van der Waals surface area contributed by atoms with Crippen molar-refractivity contribution in [1.29, 1.82) is 0 Å². The van der Waals surface area contributed by atoms with Gasteiger partial charge in [-0.15, -0.1) is 0 Å². The van der Waals surface area contributed by atoms with Gasteiger partial charge in [0.1, 0.15) is 17.5 Å². The Morgan fingerprint density at radius 2 is 1.87 bits per heavy atom. The highest BCUT2D eigenvalue weighted by Gasteiger charge is 2.24. The van der Waals surface area contributed by atoms with Gasteiger partial charge in [0.25, 0.3) is 0 Å². The van der Waals surface area contributed by atoms with E-state index in [0.717, 1.165) is 30.8 Å². The fourth-order valence-electron chi connectivity index (χ4n) is 3.51. The molecule has 2 aromatic rings. The Balaban J connectivity index is 1.67. The van der Waals surface area contributed by atoms with Crippen LogP contribution < -0.4 is 16.0 Å². The molecule has 6 nitrogen and oxygen atoms in total. The molecule has 0 bridgehead atoms. The van der Waals surface area contributed by atoms with Crippen LogP contribution in [0.3, 0.4) is 0 Å². The van der Waals surface area contributed by atoms with Gasteiger partial charge in [-0.05, 0) is 68.1 Å². The van der Waals surface area contributed by atoms with E-state index in [4.69, 9.17) is 10.5 Å². The SMILES string of the molecule is CC(C)(C)OC(=O)N[C@@H](Cc1ccc2c(c1)CCN(c1ccc(F)cc1)C2)C(N)=O. The molecule has 1 aliphatic rings. The highest BCUT2D eigenvalue weighted by Crippen LogP contribution is 2.26. The molecule has 0 radical (unpaired) electrons. The summed E-state index contributed by atoms with van der Waals surface area (Å²) in [5.41, 5.74) is 9.12. The zero-order chi connectivity index (χ0) is 21.9. The van der Waals surface area contributed by atoms with Crippen molar-refractivity contribution >= 4 is 17.7 Å². The van der Waals surface area contributed by atoms with Crippen molar-refractivity contribution in [1.82, 2.24) is 5.32 Å². The summed E-state index contributed by atoms with van der Waals surface area (Å²) < 4.78 is 18.4. The van der Waals surface area contributed by atoms with E-state index in [9.17, 15) is 14.0 Å². The van der Waals surface area contributed by atoms with Crippen LogP contribution in [-0.2, 0) is 28.9 Å². The lowest BCUT2D eigenvalue weighted by Crippen LogP contribution is -2.47. The van der Waals surface area contributed by atoms with E-state index in [1.54, 1.807) is 32.9 Å². The molecule has 1 atom stereocenters. The number of ether oxygens (including phenoxy) is 1. The summed E-state index contributed by atoms with van der Waals surface area (Å²) in [6, 6.07) is 11.7. The summed E-state index contributed by atoms with van der Waals surface area (Å²) >= 11 is 0. The molecular formula is C23H28FN3O3. The Bertz CT molecular complexity index is 922. The zero-order valence-electron chi connectivity index (χ0n) is 17.6. The summed E-state index contributed by atoms with van der Waals surface area (Å²) in [6.07, 6.45) is 0.462. The fourth-order valence-corrected chi connectivity index (χ4v) is 3.51. The molecule has 0 fully saturated rings. The second kappa shape index (κ2) is 8.73. The van der Waals surface area contributed by atoms with Crippen LogP contribution in [-0.4, -0.2) is 30.2 Å². The van der Waals surface area contributed by atoms with Gasteiger partial charge < -0.3 is 20.7 Å². The number of nitrogens with zero attached hydrogens (tertiary/aromatic N) is 1. The first-order valence-electron chi connectivity index (χ1n) is 10.0. The van der Waals surface area contributed by atoms with Crippen LogP contribution >= 0.6 is 0 Å². The maximum atomic E-state index is 13.2. The van der Waals surface area contributed by atoms with E-state index in [1.165, 1.54) is 23.3 Å². The number of amides is 2. The Hall–Kier alpha value is -3.09. The first-order valence-corrected chi connectivity index (χ1v) is 10.0. The number of primary amides is 1.